The van der Waals surface area contributed by atoms with Crippen molar-refractivity contribution in [1.29, 1.82) is 0 Å². The van der Waals surface area contributed by atoms with Gasteiger partial charge in [-0.3, -0.25) is 28.9 Å². The molecular formula is C32H30N2O15. The molecule has 0 unspecified atom stereocenters. The van der Waals surface area contributed by atoms with Gasteiger partial charge in [0.05, 0.1) is 37.6 Å². The normalized spacial score (nSPS) is 11.1. The summed E-state index contributed by atoms with van der Waals surface area (Å²) in [5, 5.41) is 57.9. The van der Waals surface area contributed by atoms with Gasteiger partial charge in [-0.2, -0.15) is 0 Å². The van der Waals surface area contributed by atoms with Crippen LogP contribution < -0.4 is 15.1 Å². The lowest BCUT2D eigenvalue weighted by Crippen LogP contribution is -2.37. The number of hydrogen-bond acceptors (Lipinski definition) is 12. The zero-order valence-electron chi connectivity index (χ0n) is 25.5. The van der Waals surface area contributed by atoms with Crippen LogP contribution in [0.15, 0.2) is 57.7 Å². The number of aromatic hydroxyl groups is 1. The van der Waals surface area contributed by atoms with E-state index in [1.807, 2.05) is 0 Å². The molecule has 0 saturated heterocycles. The molecule has 2 aliphatic rings. The topological polar surface area (TPSA) is 262 Å². The fourth-order valence-electron chi connectivity index (χ4n) is 5.12. The number of aromatic carboxylic acids is 1. The largest absolute Gasteiger partial charge is 0.508 e. The van der Waals surface area contributed by atoms with E-state index in [1.54, 1.807) is 0 Å². The molecule has 0 saturated carbocycles. The third-order valence-electron chi connectivity index (χ3n) is 7.02. The van der Waals surface area contributed by atoms with Crippen molar-refractivity contribution in [3.8, 4) is 33.9 Å². The molecule has 2 aromatic rings. The lowest BCUT2D eigenvalue weighted by molar-refractivity contribution is -0.142. The molecule has 0 fully saturated rings. The van der Waals surface area contributed by atoms with Crippen LogP contribution in [-0.4, -0.2) is 118 Å². The van der Waals surface area contributed by atoms with Gasteiger partial charge in [0.15, 0.2) is 5.43 Å². The highest BCUT2D eigenvalue weighted by molar-refractivity contribution is 6.08. The van der Waals surface area contributed by atoms with Crippen LogP contribution in [0.25, 0.3) is 33.4 Å². The predicted molar refractivity (Wildman–Crippen MR) is 169 cm³/mol. The molecule has 2 aromatic carbocycles. The quantitative estimate of drug-likeness (QED) is 0.0645. The summed E-state index contributed by atoms with van der Waals surface area (Å²) in [5.41, 5.74) is -0.298. The molecule has 0 bridgehead atoms. The fourth-order valence-corrected chi connectivity index (χ4v) is 5.12. The molecule has 0 amide bonds. The fraction of sp³-hybridized carbons (Fsp3) is 0.250. The van der Waals surface area contributed by atoms with E-state index in [2.05, 4.69) is 0 Å². The van der Waals surface area contributed by atoms with Gasteiger partial charge in [-0.15, -0.1) is 0 Å². The number of ether oxygens (including phenoxy) is 2. The third-order valence-corrected chi connectivity index (χ3v) is 7.02. The molecule has 17 nitrogen and oxygen atoms in total. The Morgan fingerprint density at radius 3 is 1.98 bits per heavy atom. The maximum Gasteiger partial charge on any atom is 0.336 e. The Balaban J connectivity index is 1.78. The first-order valence-corrected chi connectivity index (χ1v) is 14.4. The maximum absolute atomic E-state index is 12.7. The van der Waals surface area contributed by atoms with Gasteiger partial charge in [-0.05, 0) is 42.0 Å². The van der Waals surface area contributed by atoms with Gasteiger partial charge in [0.2, 0.25) is 0 Å². The maximum atomic E-state index is 12.7. The van der Waals surface area contributed by atoms with Crippen molar-refractivity contribution in [3.05, 3.63) is 64.3 Å². The predicted octanol–water partition coefficient (Wildman–Crippen LogP) is 1.81. The number of fused-ring (bicyclic) bond motifs is 2. The molecule has 1 aliphatic heterocycles. The number of benzene rings is 3. The van der Waals surface area contributed by atoms with Crippen molar-refractivity contribution in [2.75, 3.05) is 57.4 Å². The first kappa shape index (κ1) is 35.7. The number of carboxylic acids is 5. The number of carbonyl (C=O) groups is 5. The second kappa shape index (κ2) is 15.6. The van der Waals surface area contributed by atoms with Gasteiger partial charge < -0.3 is 49.4 Å². The number of rotatable bonds is 18. The van der Waals surface area contributed by atoms with Crippen LogP contribution in [-0.2, 0) is 23.9 Å². The van der Waals surface area contributed by atoms with Gasteiger partial charge in [0.1, 0.15) is 42.5 Å². The molecule has 0 atom stereocenters. The molecule has 0 radical (unpaired) electrons. The first-order chi connectivity index (χ1) is 23.2. The van der Waals surface area contributed by atoms with Crippen molar-refractivity contribution in [1.82, 2.24) is 4.90 Å². The second-order valence-corrected chi connectivity index (χ2v) is 10.6. The van der Waals surface area contributed by atoms with E-state index in [1.165, 1.54) is 42.5 Å². The number of hydrogen-bond donors (Lipinski definition) is 6. The van der Waals surface area contributed by atoms with Crippen molar-refractivity contribution in [3.63, 3.8) is 0 Å². The Hall–Kier alpha value is -6.20. The van der Waals surface area contributed by atoms with Crippen molar-refractivity contribution < 1.29 is 68.5 Å². The molecule has 1 aliphatic carbocycles. The van der Waals surface area contributed by atoms with E-state index in [4.69, 9.17) is 24.1 Å². The first-order valence-electron chi connectivity index (χ1n) is 14.4. The van der Waals surface area contributed by atoms with Crippen LogP contribution >= 0.6 is 0 Å². The number of carboxylic acid groups (broad SMARTS) is 5. The molecule has 6 N–H and O–H groups in total. The van der Waals surface area contributed by atoms with Gasteiger partial charge in [-0.25, -0.2) is 4.79 Å². The summed E-state index contributed by atoms with van der Waals surface area (Å²) in [4.78, 5) is 72.6. The summed E-state index contributed by atoms with van der Waals surface area (Å²) in [7, 11) is 0. The van der Waals surface area contributed by atoms with Gasteiger partial charge >= 0.3 is 29.8 Å². The van der Waals surface area contributed by atoms with E-state index in [0.29, 0.717) is 5.39 Å². The summed E-state index contributed by atoms with van der Waals surface area (Å²) in [6.07, 6.45) is 0. The SMILES string of the molecule is O=C(O)CN(CCOCCOc1cc(C(=O)O)c(-c2c3ccc(=O)cc-3oc3cc(O)ccc23)cc1N(CC(=O)O)CC(=O)O)CC(=O)O. The van der Waals surface area contributed by atoms with E-state index in [9.17, 15) is 49.2 Å². The summed E-state index contributed by atoms with van der Waals surface area (Å²) in [6.45, 7) is -3.31. The number of aliphatic carboxylic acids is 4. The highest BCUT2D eigenvalue weighted by Crippen LogP contribution is 2.45. The van der Waals surface area contributed by atoms with Crippen LogP contribution in [0.1, 0.15) is 10.4 Å². The van der Waals surface area contributed by atoms with E-state index in [-0.39, 0.29) is 77.1 Å². The number of anilines is 1. The molecule has 0 spiro atoms. The van der Waals surface area contributed by atoms with Gasteiger partial charge in [0, 0.05) is 35.2 Å². The summed E-state index contributed by atoms with van der Waals surface area (Å²) < 4.78 is 17.1. The Kier molecular flexibility index (Phi) is 11.3. The molecule has 0 aromatic heterocycles. The zero-order chi connectivity index (χ0) is 35.8. The Morgan fingerprint density at radius 1 is 0.714 bits per heavy atom. The van der Waals surface area contributed by atoms with Crippen molar-refractivity contribution >= 4 is 46.5 Å². The van der Waals surface area contributed by atoms with E-state index in [0.717, 1.165) is 15.9 Å². The van der Waals surface area contributed by atoms with Crippen LogP contribution in [0.4, 0.5) is 5.69 Å². The monoisotopic (exact) mass is 682 g/mol. The Labute approximate surface area is 275 Å². The zero-order valence-corrected chi connectivity index (χ0v) is 25.5. The number of nitrogens with zero attached hydrogens (tertiary/aromatic N) is 2. The summed E-state index contributed by atoms with van der Waals surface area (Å²) in [5.74, 6) is -7.06. The summed E-state index contributed by atoms with van der Waals surface area (Å²) >= 11 is 0. The van der Waals surface area contributed by atoms with Crippen molar-refractivity contribution in [2.24, 2.45) is 0 Å². The minimum atomic E-state index is -1.44. The molecule has 4 rings (SSSR count). The minimum Gasteiger partial charge on any atom is -0.508 e. The average molecular weight is 683 g/mol. The number of phenols is 1. The van der Waals surface area contributed by atoms with E-state index < -0.39 is 61.5 Å². The molecule has 17 heteroatoms. The van der Waals surface area contributed by atoms with Gasteiger partial charge in [0.25, 0.3) is 0 Å². The average Bonchev–Trinajstić information content (AvgIpc) is 2.99. The molecule has 49 heavy (non-hydrogen) atoms. The Morgan fingerprint density at radius 2 is 1.37 bits per heavy atom. The van der Waals surface area contributed by atoms with E-state index >= 15 is 0 Å². The second-order valence-electron chi connectivity index (χ2n) is 10.6. The summed E-state index contributed by atoms with van der Waals surface area (Å²) in [6, 6.07) is 10.2. The smallest absolute Gasteiger partial charge is 0.336 e. The van der Waals surface area contributed by atoms with Crippen LogP contribution in [0.3, 0.4) is 0 Å². The Bertz CT molecular complexity index is 1900. The lowest BCUT2D eigenvalue weighted by Gasteiger charge is -2.26. The molecule has 258 valence electrons. The third kappa shape index (κ3) is 9.21. The van der Waals surface area contributed by atoms with Crippen LogP contribution in [0.5, 0.6) is 11.5 Å². The standard InChI is InChI=1S/C32H30N2O15/c35-17-1-3-19-24(9-17)49-25-10-18(36)2-4-20(25)31(19)21-11-23(34(15-29(41)42)16-30(43)44)26(12-22(21)32(45)46)48-8-7-47-6-5-33(13-27(37)38)14-28(39)40/h1-4,9-12,35H,5-8,13-16H2,(H,37,38)(H,39,40)(H,41,42)(H,43,44)(H,45,46). The van der Waals surface area contributed by atoms with Crippen LogP contribution in [0.2, 0.25) is 0 Å². The highest BCUT2D eigenvalue weighted by atomic mass is 16.5. The van der Waals surface area contributed by atoms with Crippen molar-refractivity contribution in [2.45, 2.75) is 0 Å². The van der Waals surface area contributed by atoms with Gasteiger partial charge in [-0.1, -0.05) is 0 Å². The molecule has 1 heterocycles. The number of phenolic OH excluding ortho intramolecular Hbond substituents is 1. The molecular weight excluding hydrogens is 652 g/mol. The van der Waals surface area contributed by atoms with Crippen LogP contribution in [0, 0.1) is 0 Å². The lowest BCUT2D eigenvalue weighted by atomic mass is 9.90. The highest BCUT2D eigenvalue weighted by Gasteiger charge is 2.27. The minimum absolute atomic E-state index is 0.0148.